The van der Waals surface area contributed by atoms with Crippen LogP contribution in [0.5, 0.6) is 5.75 Å². The van der Waals surface area contributed by atoms with E-state index in [4.69, 9.17) is 5.26 Å². The monoisotopic (exact) mass is 214 g/mol. The van der Waals surface area contributed by atoms with Crippen LogP contribution in [-0.4, -0.2) is 10.1 Å². The van der Waals surface area contributed by atoms with Crippen LogP contribution in [0.15, 0.2) is 36.5 Å². The standard InChI is InChI=1S/C12H7FN2O/c13-8-3-4-12(16)10(6-8)9-2-1-5-15-11(9)7-14/h1-6,16H. The SMILES string of the molecule is N#Cc1ncccc1-c1cc(F)ccc1O. The summed E-state index contributed by atoms with van der Waals surface area (Å²) in [6, 6.07) is 8.71. The highest BCUT2D eigenvalue weighted by Crippen LogP contribution is 2.30. The zero-order chi connectivity index (χ0) is 11.5. The van der Waals surface area contributed by atoms with E-state index in [0.29, 0.717) is 5.56 Å². The Balaban J connectivity index is 2.68. The van der Waals surface area contributed by atoms with Gasteiger partial charge in [0.2, 0.25) is 0 Å². The second kappa shape index (κ2) is 3.99. The predicted molar refractivity (Wildman–Crippen MR) is 56.0 cm³/mol. The maximum Gasteiger partial charge on any atom is 0.148 e. The number of nitrogens with zero attached hydrogens (tertiary/aromatic N) is 2. The van der Waals surface area contributed by atoms with Crippen molar-refractivity contribution in [2.45, 2.75) is 0 Å². The van der Waals surface area contributed by atoms with Crippen LogP contribution in [0.25, 0.3) is 11.1 Å². The first-order chi connectivity index (χ1) is 7.72. The number of aromatic hydroxyl groups is 1. The molecule has 0 unspecified atom stereocenters. The second-order valence-corrected chi connectivity index (χ2v) is 3.17. The third-order valence-electron chi connectivity index (χ3n) is 2.16. The van der Waals surface area contributed by atoms with Gasteiger partial charge in [0.1, 0.15) is 23.3 Å². The molecule has 16 heavy (non-hydrogen) atoms. The first-order valence-corrected chi connectivity index (χ1v) is 4.56. The first-order valence-electron chi connectivity index (χ1n) is 4.56. The second-order valence-electron chi connectivity index (χ2n) is 3.17. The zero-order valence-corrected chi connectivity index (χ0v) is 8.18. The Morgan fingerprint density at radius 3 is 2.81 bits per heavy atom. The van der Waals surface area contributed by atoms with Crippen LogP contribution in [0, 0.1) is 17.1 Å². The summed E-state index contributed by atoms with van der Waals surface area (Å²) in [5.41, 5.74) is 0.843. The zero-order valence-electron chi connectivity index (χ0n) is 8.18. The molecule has 1 heterocycles. The molecular formula is C12H7FN2O. The van der Waals surface area contributed by atoms with Gasteiger partial charge in [-0.2, -0.15) is 5.26 Å². The Morgan fingerprint density at radius 2 is 2.06 bits per heavy atom. The molecule has 0 amide bonds. The molecule has 3 nitrogen and oxygen atoms in total. The van der Waals surface area contributed by atoms with Crippen LogP contribution >= 0.6 is 0 Å². The molecule has 2 aromatic rings. The van der Waals surface area contributed by atoms with Crippen molar-refractivity contribution in [2.75, 3.05) is 0 Å². The number of phenolic OH excluding ortho intramolecular Hbond substituents is 1. The van der Waals surface area contributed by atoms with Gasteiger partial charge in [0.05, 0.1) is 0 Å². The van der Waals surface area contributed by atoms with E-state index >= 15 is 0 Å². The fraction of sp³-hybridized carbons (Fsp3) is 0. The van der Waals surface area contributed by atoms with Crippen molar-refractivity contribution >= 4 is 0 Å². The summed E-state index contributed by atoms with van der Waals surface area (Å²) in [7, 11) is 0. The normalized spacial score (nSPS) is 9.75. The van der Waals surface area contributed by atoms with Crippen molar-refractivity contribution in [1.82, 2.24) is 4.98 Å². The minimum Gasteiger partial charge on any atom is -0.507 e. The first kappa shape index (κ1) is 10.1. The molecule has 0 saturated heterocycles. The molecule has 0 fully saturated rings. The summed E-state index contributed by atoms with van der Waals surface area (Å²) in [6.07, 6.45) is 1.47. The van der Waals surface area contributed by atoms with Gasteiger partial charge in [-0.15, -0.1) is 0 Å². The lowest BCUT2D eigenvalue weighted by atomic mass is 10.0. The molecule has 0 saturated carbocycles. The lowest BCUT2D eigenvalue weighted by molar-refractivity contribution is 0.475. The summed E-state index contributed by atoms with van der Waals surface area (Å²) in [5, 5.41) is 18.5. The van der Waals surface area contributed by atoms with E-state index < -0.39 is 5.82 Å². The van der Waals surface area contributed by atoms with Crippen LogP contribution in [0.1, 0.15) is 5.69 Å². The average Bonchev–Trinajstić information content (AvgIpc) is 2.32. The van der Waals surface area contributed by atoms with Crippen molar-refractivity contribution in [2.24, 2.45) is 0 Å². The van der Waals surface area contributed by atoms with E-state index in [1.54, 1.807) is 12.1 Å². The predicted octanol–water partition coefficient (Wildman–Crippen LogP) is 2.46. The summed E-state index contributed by atoms with van der Waals surface area (Å²) >= 11 is 0. The molecule has 0 aliphatic rings. The van der Waals surface area contributed by atoms with E-state index in [9.17, 15) is 9.50 Å². The van der Waals surface area contributed by atoms with Gasteiger partial charge in [-0.1, -0.05) is 0 Å². The van der Waals surface area contributed by atoms with Gasteiger partial charge < -0.3 is 5.11 Å². The van der Waals surface area contributed by atoms with Crippen molar-refractivity contribution < 1.29 is 9.50 Å². The van der Waals surface area contributed by atoms with Gasteiger partial charge in [0.15, 0.2) is 0 Å². The highest BCUT2D eigenvalue weighted by Gasteiger charge is 2.10. The minimum atomic E-state index is -0.472. The molecule has 0 spiro atoms. The quantitative estimate of drug-likeness (QED) is 0.793. The smallest absolute Gasteiger partial charge is 0.148 e. The summed E-state index contributed by atoms with van der Waals surface area (Å²) in [6.45, 7) is 0. The fourth-order valence-electron chi connectivity index (χ4n) is 1.44. The van der Waals surface area contributed by atoms with Crippen molar-refractivity contribution in [3.05, 3.63) is 48.0 Å². The van der Waals surface area contributed by atoms with Crippen molar-refractivity contribution in [3.8, 4) is 22.9 Å². The van der Waals surface area contributed by atoms with Gasteiger partial charge in [-0.25, -0.2) is 9.37 Å². The van der Waals surface area contributed by atoms with E-state index in [1.807, 2.05) is 6.07 Å². The van der Waals surface area contributed by atoms with E-state index in [1.165, 1.54) is 18.3 Å². The Morgan fingerprint density at radius 1 is 1.25 bits per heavy atom. The molecule has 4 heteroatoms. The Bertz CT molecular complexity index is 575. The van der Waals surface area contributed by atoms with E-state index in [0.717, 1.165) is 6.07 Å². The average molecular weight is 214 g/mol. The van der Waals surface area contributed by atoms with Crippen LogP contribution in [0.4, 0.5) is 4.39 Å². The lowest BCUT2D eigenvalue weighted by Crippen LogP contribution is -1.89. The van der Waals surface area contributed by atoms with Gasteiger partial charge >= 0.3 is 0 Å². The molecular weight excluding hydrogens is 207 g/mol. The van der Waals surface area contributed by atoms with Crippen molar-refractivity contribution in [3.63, 3.8) is 0 Å². The maximum absolute atomic E-state index is 13.1. The lowest BCUT2D eigenvalue weighted by Gasteiger charge is -2.05. The van der Waals surface area contributed by atoms with Crippen LogP contribution < -0.4 is 0 Å². The van der Waals surface area contributed by atoms with E-state index in [2.05, 4.69) is 4.98 Å². The highest BCUT2D eigenvalue weighted by atomic mass is 19.1. The summed E-state index contributed by atoms with van der Waals surface area (Å²) in [4.78, 5) is 3.85. The molecule has 0 radical (unpaired) electrons. The van der Waals surface area contributed by atoms with Crippen LogP contribution in [0.2, 0.25) is 0 Å². The van der Waals surface area contributed by atoms with E-state index in [-0.39, 0.29) is 17.0 Å². The fourth-order valence-corrected chi connectivity index (χ4v) is 1.44. The number of rotatable bonds is 1. The molecule has 0 bridgehead atoms. The number of pyridine rings is 1. The molecule has 78 valence electrons. The van der Waals surface area contributed by atoms with Gasteiger partial charge in [0, 0.05) is 17.3 Å². The number of benzene rings is 1. The molecule has 0 aliphatic heterocycles. The third-order valence-corrected chi connectivity index (χ3v) is 2.16. The number of hydrogen-bond donors (Lipinski definition) is 1. The van der Waals surface area contributed by atoms with Crippen LogP contribution in [-0.2, 0) is 0 Å². The molecule has 1 aromatic carbocycles. The minimum absolute atomic E-state index is 0.0779. The highest BCUT2D eigenvalue weighted by molar-refractivity contribution is 5.73. The van der Waals surface area contributed by atoms with Crippen molar-refractivity contribution in [1.29, 1.82) is 5.26 Å². The maximum atomic E-state index is 13.1. The molecule has 0 aliphatic carbocycles. The number of halogens is 1. The molecule has 1 N–H and O–H groups in total. The van der Waals surface area contributed by atoms with Gasteiger partial charge in [-0.3, -0.25) is 0 Å². The summed E-state index contributed by atoms with van der Waals surface area (Å²) < 4.78 is 13.1. The Labute approximate surface area is 91.4 Å². The van der Waals surface area contributed by atoms with Gasteiger partial charge in [0.25, 0.3) is 0 Å². The summed E-state index contributed by atoms with van der Waals surface area (Å²) in [5.74, 6) is -0.550. The third kappa shape index (κ3) is 1.71. The number of nitriles is 1. The topological polar surface area (TPSA) is 56.9 Å². The number of hydrogen-bond acceptors (Lipinski definition) is 3. The van der Waals surface area contributed by atoms with Gasteiger partial charge in [-0.05, 0) is 30.3 Å². The Hall–Kier alpha value is -2.41. The number of aromatic nitrogens is 1. The number of phenols is 1. The Kier molecular flexibility index (Phi) is 2.52. The van der Waals surface area contributed by atoms with Crippen LogP contribution in [0.3, 0.4) is 0 Å². The molecule has 2 rings (SSSR count). The molecule has 0 atom stereocenters. The largest absolute Gasteiger partial charge is 0.507 e. The molecule has 1 aromatic heterocycles.